The van der Waals surface area contributed by atoms with E-state index in [4.69, 9.17) is 0 Å². The van der Waals surface area contributed by atoms with Gasteiger partial charge in [0.25, 0.3) is 5.91 Å². The van der Waals surface area contributed by atoms with E-state index in [1.807, 2.05) is 0 Å². The molecule has 3 amide bonds. The Morgan fingerprint density at radius 1 is 1.08 bits per heavy atom. The van der Waals surface area contributed by atoms with Crippen molar-refractivity contribution in [1.29, 1.82) is 0 Å². The molecule has 1 saturated carbocycles. The molecule has 0 unspecified atom stereocenters. The van der Waals surface area contributed by atoms with Crippen LogP contribution < -0.4 is 16.0 Å². The smallest absolute Gasteiger partial charge is 0.251 e. The Morgan fingerprint density at radius 2 is 1.73 bits per heavy atom. The quantitative estimate of drug-likeness (QED) is 0.535. The van der Waals surface area contributed by atoms with Crippen LogP contribution in [0.15, 0.2) is 29.2 Å². The fourth-order valence-electron chi connectivity index (χ4n) is 2.02. The molecule has 3 N–H and O–H groups in total. The van der Waals surface area contributed by atoms with E-state index in [0.717, 1.165) is 17.1 Å². The molecule has 0 atom stereocenters. The topological polar surface area (TPSA) is 125 Å². The van der Waals surface area contributed by atoms with Crippen LogP contribution >= 0.6 is 0 Å². The van der Waals surface area contributed by atoms with Crippen LogP contribution in [0, 0.1) is 0 Å². The molecule has 1 aromatic carbocycles. The van der Waals surface area contributed by atoms with Crippen molar-refractivity contribution in [3.8, 4) is 0 Å². The molecule has 9 nitrogen and oxygen atoms in total. The zero-order valence-electron chi connectivity index (χ0n) is 14.6. The zero-order valence-corrected chi connectivity index (χ0v) is 15.4. The maximum absolute atomic E-state index is 12.1. The first-order valence-corrected chi connectivity index (χ1v) is 9.51. The van der Waals surface area contributed by atoms with Crippen molar-refractivity contribution >= 4 is 27.7 Å². The summed E-state index contributed by atoms with van der Waals surface area (Å²) in [5.41, 5.74) is 0.118. The lowest BCUT2D eigenvalue weighted by Gasteiger charge is -2.12. The van der Waals surface area contributed by atoms with Crippen molar-refractivity contribution in [3.05, 3.63) is 29.8 Å². The fraction of sp³-hybridized carbons (Fsp3) is 0.438. The van der Waals surface area contributed by atoms with Crippen LogP contribution in [-0.4, -0.2) is 63.7 Å². The second-order valence-corrected chi connectivity index (χ2v) is 8.27. The highest BCUT2D eigenvalue weighted by Gasteiger charge is 2.23. The molecule has 0 aliphatic heterocycles. The number of carbonyl (C=O) groups is 3. The number of benzene rings is 1. The zero-order chi connectivity index (χ0) is 19.3. The first-order valence-electron chi connectivity index (χ1n) is 8.07. The summed E-state index contributed by atoms with van der Waals surface area (Å²) in [5.74, 6) is -1.37. The molecule has 1 aromatic rings. The second kappa shape index (κ2) is 8.28. The minimum atomic E-state index is -3.66. The highest BCUT2D eigenvalue weighted by Crippen LogP contribution is 2.18. The maximum Gasteiger partial charge on any atom is 0.251 e. The summed E-state index contributed by atoms with van der Waals surface area (Å²) in [7, 11) is -0.868. The van der Waals surface area contributed by atoms with Crippen LogP contribution in [0.5, 0.6) is 0 Å². The van der Waals surface area contributed by atoms with E-state index < -0.39 is 21.8 Å². The van der Waals surface area contributed by atoms with Gasteiger partial charge in [-0.2, -0.15) is 0 Å². The Hall–Kier alpha value is -2.46. The molecule has 0 saturated heterocycles. The van der Waals surface area contributed by atoms with Gasteiger partial charge in [0, 0.05) is 25.7 Å². The number of nitrogens with one attached hydrogen (secondary N) is 3. The molecule has 1 aliphatic rings. The first kappa shape index (κ1) is 19.9. The average molecular weight is 382 g/mol. The molecule has 26 heavy (non-hydrogen) atoms. The molecular formula is C16H22N4O5S. The van der Waals surface area contributed by atoms with Gasteiger partial charge in [-0.05, 0) is 31.0 Å². The van der Waals surface area contributed by atoms with Gasteiger partial charge in [0.1, 0.15) is 0 Å². The van der Waals surface area contributed by atoms with Gasteiger partial charge in [0.2, 0.25) is 21.8 Å². The SMILES string of the molecule is CN(C)S(=O)(=O)c1cccc(C(=O)NCC(=O)NCC(=O)NC2CC2)c1. The van der Waals surface area contributed by atoms with Gasteiger partial charge >= 0.3 is 0 Å². The van der Waals surface area contributed by atoms with Gasteiger partial charge in [-0.15, -0.1) is 0 Å². The van der Waals surface area contributed by atoms with Gasteiger partial charge in [0.05, 0.1) is 18.0 Å². The van der Waals surface area contributed by atoms with E-state index >= 15 is 0 Å². The Kier molecular flexibility index (Phi) is 6.32. The number of nitrogens with zero attached hydrogens (tertiary/aromatic N) is 1. The van der Waals surface area contributed by atoms with Crippen molar-refractivity contribution in [1.82, 2.24) is 20.3 Å². The number of hydrogen-bond donors (Lipinski definition) is 3. The van der Waals surface area contributed by atoms with E-state index in [-0.39, 0.29) is 35.5 Å². The van der Waals surface area contributed by atoms with Gasteiger partial charge in [-0.1, -0.05) is 6.07 Å². The molecule has 10 heteroatoms. The van der Waals surface area contributed by atoms with Crippen molar-refractivity contribution in [2.24, 2.45) is 0 Å². The van der Waals surface area contributed by atoms with Crippen molar-refractivity contribution in [2.75, 3.05) is 27.2 Å². The van der Waals surface area contributed by atoms with E-state index in [1.54, 1.807) is 0 Å². The molecule has 2 rings (SSSR count). The summed E-state index contributed by atoms with van der Waals surface area (Å²) < 4.78 is 25.2. The summed E-state index contributed by atoms with van der Waals surface area (Å²) in [6.45, 7) is -0.470. The van der Waals surface area contributed by atoms with Gasteiger partial charge in [-0.25, -0.2) is 12.7 Å². The lowest BCUT2D eigenvalue weighted by molar-refractivity contribution is -0.125. The average Bonchev–Trinajstić information content (AvgIpc) is 3.41. The molecule has 1 aliphatic carbocycles. The molecule has 0 spiro atoms. The van der Waals surface area contributed by atoms with Crippen LogP contribution in [0.25, 0.3) is 0 Å². The number of carbonyl (C=O) groups excluding carboxylic acids is 3. The third-order valence-corrected chi connectivity index (χ3v) is 5.48. The Labute approximate surface area is 152 Å². The summed E-state index contributed by atoms with van der Waals surface area (Å²) in [4.78, 5) is 35.3. The minimum absolute atomic E-state index is 0.0173. The first-order chi connectivity index (χ1) is 12.2. The molecule has 0 bridgehead atoms. The van der Waals surface area contributed by atoms with Crippen molar-refractivity contribution < 1.29 is 22.8 Å². The summed E-state index contributed by atoms with van der Waals surface area (Å²) in [5, 5.41) is 7.52. The van der Waals surface area contributed by atoms with Gasteiger partial charge in [0.15, 0.2) is 0 Å². The number of hydrogen-bond acceptors (Lipinski definition) is 5. The van der Waals surface area contributed by atoms with Crippen LogP contribution in [-0.2, 0) is 19.6 Å². The van der Waals surface area contributed by atoms with Crippen LogP contribution in [0.1, 0.15) is 23.2 Å². The van der Waals surface area contributed by atoms with Crippen LogP contribution in [0.4, 0.5) is 0 Å². The summed E-state index contributed by atoms with van der Waals surface area (Å²) in [6.07, 6.45) is 1.91. The van der Waals surface area contributed by atoms with E-state index in [2.05, 4.69) is 16.0 Å². The molecule has 142 valence electrons. The highest BCUT2D eigenvalue weighted by atomic mass is 32.2. The predicted molar refractivity (Wildman–Crippen MR) is 93.8 cm³/mol. The third kappa shape index (κ3) is 5.53. The van der Waals surface area contributed by atoms with Crippen molar-refractivity contribution in [3.63, 3.8) is 0 Å². The second-order valence-electron chi connectivity index (χ2n) is 6.12. The molecule has 0 radical (unpaired) electrons. The summed E-state index contributed by atoms with van der Waals surface area (Å²) in [6, 6.07) is 5.74. The summed E-state index contributed by atoms with van der Waals surface area (Å²) >= 11 is 0. The monoisotopic (exact) mass is 382 g/mol. The van der Waals surface area contributed by atoms with E-state index in [1.165, 1.54) is 38.4 Å². The molecular weight excluding hydrogens is 360 g/mol. The molecule has 1 fully saturated rings. The molecule has 0 heterocycles. The Morgan fingerprint density at radius 3 is 2.35 bits per heavy atom. The Bertz CT molecular complexity index is 803. The number of amides is 3. The standard InChI is InChI=1S/C16H22N4O5S/c1-20(2)26(24,25)13-5-3-4-11(8-13)16(23)18-9-14(21)17-10-15(22)19-12-6-7-12/h3-5,8,12H,6-7,9-10H2,1-2H3,(H,17,21)(H,18,23)(H,19,22). The number of rotatable bonds is 8. The van der Waals surface area contributed by atoms with E-state index in [9.17, 15) is 22.8 Å². The largest absolute Gasteiger partial charge is 0.352 e. The van der Waals surface area contributed by atoms with Gasteiger partial charge < -0.3 is 16.0 Å². The molecule has 0 aromatic heterocycles. The van der Waals surface area contributed by atoms with Crippen molar-refractivity contribution in [2.45, 2.75) is 23.8 Å². The lowest BCUT2D eigenvalue weighted by Crippen LogP contribution is -2.42. The number of sulfonamides is 1. The minimum Gasteiger partial charge on any atom is -0.352 e. The van der Waals surface area contributed by atoms with Gasteiger partial charge in [-0.3, -0.25) is 14.4 Å². The lowest BCUT2D eigenvalue weighted by atomic mass is 10.2. The fourth-order valence-corrected chi connectivity index (χ4v) is 2.97. The van der Waals surface area contributed by atoms with Crippen LogP contribution in [0.3, 0.4) is 0 Å². The normalized spacial score (nSPS) is 14.0. The Balaban J connectivity index is 1.85. The maximum atomic E-state index is 12.1. The highest BCUT2D eigenvalue weighted by molar-refractivity contribution is 7.89. The van der Waals surface area contributed by atoms with E-state index in [0.29, 0.717) is 0 Å². The predicted octanol–water partition coefficient (Wildman–Crippen LogP) is -0.938. The third-order valence-electron chi connectivity index (χ3n) is 3.67. The van der Waals surface area contributed by atoms with Crippen LogP contribution in [0.2, 0.25) is 0 Å².